The predicted molar refractivity (Wildman–Crippen MR) is 83.4 cm³/mol. The van der Waals surface area contributed by atoms with E-state index in [4.69, 9.17) is 0 Å². The monoisotopic (exact) mass is 297 g/mol. The fourth-order valence-electron chi connectivity index (χ4n) is 2.98. The number of rotatable bonds is 3. The van der Waals surface area contributed by atoms with Crippen molar-refractivity contribution >= 4 is 22.8 Å². The number of nitrogens with one attached hydrogen (secondary N) is 2. The molecule has 0 bridgehead atoms. The number of aromatic nitrogens is 3. The van der Waals surface area contributed by atoms with E-state index in [0.717, 1.165) is 16.4 Å². The molecule has 0 saturated heterocycles. The number of aromatic amines is 1. The standard InChI is InChI=1S/C15H15N5S/c16-8-10-9-17-20-14(10)19-13(12-6-3-7-21-12)15(20)18-11-4-1-2-5-11/h3,6-7,9,11,17-18H,1-2,4-5H2. The van der Waals surface area contributed by atoms with Crippen LogP contribution in [0.5, 0.6) is 0 Å². The number of hydrogen-bond donors (Lipinski definition) is 2. The number of anilines is 1. The molecule has 0 spiro atoms. The largest absolute Gasteiger partial charge is 0.365 e. The van der Waals surface area contributed by atoms with E-state index >= 15 is 0 Å². The molecule has 5 nitrogen and oxygen atoms in total. The van der Waals surface area contributed by atoms with Crippen LogP contribution in [0.15, 0.2) is 23.7 Å². The summed E-state index contributed by atoms with van der Waals surface area (Å²) in [6, 6.07) is 6.78. The normalized spacial score (nSPS) is 15.6. The summed E-state index contributed by atoms with van der Waals surface area (Å²) in [5.41, 5.74) is 2.20. The summed E-state index contributed by atoms with van der Waals surface area (Å²) >= 11 is 1.67. The summed E-state index contributed by atoms with van der Waals surface area (Å²) in [4.78, 5) is 5.81. The zero-order valence-electron chi connectivity index (χ0n) is 11.5. The molecule has 0 unspecified atom stereocenters. The molecule has 3 aromatic heterocycles. The van der Waals surface area contributed by atoms with Crippen LogP contribution in [0.25, 0.3) is 16.2 Å². The quantitative estimate of drug-likeness (QED) is 0.776. The van der Waals surface area contributed by atoms with Gasteiger partial charge in [-0.15, -0.1) is 11.3 Å². The third kappa shape index (κ3) is 2.01. The van der Waals surface area contributed by atoms with Gasteiger partial charge in [0.25, 0.3) is 0 Å². The van der Waals surface area contributed by atoms with E-state index in [9.17, 15) is 5.26 Å². The first-order chi connectivity index (χ1) is 10.4. The van der Waals surface area contributed by atoms with E-state index in [2.05, 4.69) is 27.5 Å². The average molecular weight is 297 g/mol. The molecule has 0 aromatic carbocycles. The van der Waals surface area contributed by atoms with Crippen LogP contribution < -0.4 is 5.32 Å². The topological polar surface area (TPSA) is 68.9 Å². The van der Waals surface area contributed by atoms with E-state index in [1.807, 2.05) is 16.0 Å². The Kier molecular flexibility index (Phi) is 2.93. The van der Waals surface area contributed by atoms with Gasteiger partial charge in [0.15, 0.2) is 11.5 Å². The first-order valence-corrected chi connectivity index (χ1v) is 8.05. The Morgan fingerprint density at radius 3 is 3.00 bits per heavy atom. The maximum absolute atomic E-state index is 9.20. The second-order valence-electron chi connectivity index (χ2n) is 5.37. The zero-order valence-corrected chi connectivity index (χ0v) is 12.3. The second kappa shape index (κ2) is 4.93. The Balaban J connectivity index is 1.86. The second-order valence-corrected chi connectivity index (χ2v) is 6.32. The Morgan fingerprint density at radius 2 is 2.29 bits per heavy atom. The van der Waals surface area contributed by atoms with Crippen molar-refractivity contribution in [2.24, 2.45) is 0 Å². The number of H-pyrrole nitrogens is 1. The number of nitrogens with zero attached hydrogens (tertiary/aromatic N) is 3. The molecule has 21 heavy (non-hydrogen) atoms. The van der Waals surface area contributed by atoms with Crippen molar-refractivity contribution in [3.8, 4) is 16.6 Å². The molecule has 0 radical (unpaired) electrons. The molecule has 4 rings (SSSR count). The number of thiophene rings is 1. The minimum absolute atomic E-state index is 0.498. The van der Waals surface area contributed by atoms with Crippen LogP contribution in [0, 0.1) is 11.3 Å². The maximum atomic E-state index is 9.20. The van der Waals surface area contributed by atoms with Crippen molar-refractivity contribution in [1.82, 2.24) is 14.6 Å². The van der Waals surface area contributed by atoms with Crippen molar-refractivity contribution in [3.05, 3.63) is 29.3 Å². The summed E-state index contributed by atoms with van der Waals surface area (Å²) < 4.78 is 1.89. The van der Waals surface area contributed by atoms with Gasteiger partial charge in [-0.3, -0.25) is 5.10 Å². The van der Waals surface area contributed by atoms with Gasteiger partial charge in [0, 0.05) is 12.2 Å². The van der Waals surface area contributed by atoms with Crippen molar-refractivity contribution in [3.63, 3.8) is 0 Å². The molecular formula is C15H15N5S. The maximum Gasteiger partial charge on any atom is 0.173 e. The number of hydrogen-bond acceptors (Lipinski definition) is 4. The SMILES string of the molecule is N#Cc1c[nH]n2c(NC3CCCC3)c(-c3cccs3)nc12. The molecule has 0 atom stereocenters. The van der Waals surface area contributed by atoms with E-state index < -0.39 is 0 Å². The fourth-order valence-corrected chi connectivity index (χ4v) is 3.70. The Bertz CT molecular complexity index is 799. The van der Waals surface area contributed by atoms with Crippen LogP contribution >= 0.6 is 11.3 Å². The highest BCUT2D eigenvalue weighted by Crippen LogP contribution is 2.34. The third-order valence-corrected chi connectivity index (χ3v) is 4.90. The van der Waals surface area contributed by atoms with Gasteiger partial charge in [-0.05, 0) is 24.3 Å². The molecule has 106 valence electrons. The van der Waals surface area contributed by atoms with Crippen molar-refractivity contribution in [2.75, 3.05) is 5.32 Å². The van der Waals surface area contributed by atoms with Gasteiger partial charge in [0.2, 0.25) is 0 Å². The van der Waals surface area contributed by atoms with Gasteiger partial charge in [-0.1, -0.05) is 18.9 Å². The molecule has 6 heteroatoms. The lowest BCUT2D eigenvalue weighted by atomic mass is 10.2. The summed E-state index contributed by atoms with van der Waals surface area (Å²) in [7, 11) is 0. The lowest BCUT2D eigenvalue weighted by Crippen LogP contribution is -2.16. The minimum Gasteiger partial charge on any atom is -0.365 e. The molecule has 3 heterocycles. The highest BCUT2D eigenvalue weighted by Gasteiger charge is 2.22. The van der Waals surface area contributed by atoms with Gasteiger partial charge in [-0.25, -0.2) is 9.50 Å². The number of fused-ring (bicyclic) bond motifs is 1. The molecule has 1 aliphatic carbocycles. The summed E-state index contributed by atoms with van der Waals surface area (Å²) in [5, 5.41) is 18.0. The van der Waals surface area contributed by atoms with Crippen LogP contribution in [0.1, 0.15) is 31.2 Å². The van der Waals surface area contributed by atoms with Gasteiger partial charge in [0.1, 0.15) is 17.3 Å². The molecule has 1 aliphatic rings. The lowest BCUT2D eigenvalue weighted by molar-refractivity contribution is 0.744. The highest BCUT2D eigenvalue weighted by molar-refractivity contribution is 7.13. The van der Waals surface area contributed by atoms with Crippen molar-refractivity contribution < 1.29 is 0 Å². The molecule has 1 saturated carbocycles. The van der Waals surface area contributed by atoms with Gasteiger partial charge in [0.05, 0.1) is 4.88 Å². The molecule has 0 amide bonds. The molecular weight excluding hydrogens is 282 g/mol. The molecule has 1 fully saturated rings. The Hall–Kier alpha value is -2.26. The van der Waals surface area contributed by atoms with Crippen LogP contribution in [-0.2, 0) is 0 Å². The van der Waals surface area contributed by atoms with E-state index in [1.165, 1.54) is 25.7 Å². The Labute approximate surface area is 126 Å². The van der Waals surface area contributed by atoms with E-state index in [1.54, 1.807) is 17.5 Å². The van der Waals surface area contributed by atoms with E-state index in [0.29, 0.717) is 17.3 Å². The first kappa shape index (κ1) is 12.5. The van der Waals surface area contributed by atoms with Crippen molar-refractivity contribution in [1.29, 1.82) is 5.26 Å². The van der Waals surface area contributed by atoms with Crippen LogP contribution in [-0.4, -0.2) is 20.6 Å². The van der Waals surface area contributed by atoms with Crippen LogP contribution in [0.4, 0.5) is 5.82 Å². The minimum atomic E-state index is 0.498. The Morgan fingerprint density at radius 1 is 1.43 bits per heavy atom. The van der Waals surface area contributed by atoms with Crippen LogP contribution in [0.2, 0.25) is 0 Å². The van der Waals surface area contributed by atoms with E-state index in [-0.39, 0.29) is 0 Å². The molecule has 3 aromatic rings. The van der Waals surface area contributed by atoms with Gasteiger partial charge in [-0.2, -0.15) is 5.26 Å². The smallest absolute Gasteiger partial charge is 0.173 e. The summed E-state index contributed by atoms with van der Waals surface area (Å²) in [6.45, 7) is 0. The summed E-state index contributed by atoms with van der Waals surface area (Å²) in [5.74, 6) is 0.973. The fraction of sp³-hybridized carbons (Fsp3) is 0.333. The molecule has 2 N–H and O–H groups in total. The van der Waals surface area contributed by atoms with Crippen LogP contribution in [0.3, 0.4) is 0 Å². The first-order valence-electron chi connectivity index (χ1n) is 7.17. The predicted octanol–water partition coefficient (Wildman–Crippen LogP) is 3.62. The highest BCUT2D eigenvalue weighted by atomic mass is 32.1. The lowest BCUT2D eigenvalue weighted by Gasteiger charge is -2.13. The third-order valence-electron chi connectivity index (χ3n) is 4.03. The zero-order chi connectivity index (χ0) is 14.2. The summed E-state index contributed by atoms with van der Waals surface area (Å²) in [6.07, 6.45) is 6.66. The van der Waals surface area contributed by atoms with Gasteiger partial charge < -0.3 is 5.32 Å². The van der Waals surface area contributed by atoms with Gasteiger partial charge >= 0.3 is 0 Å². The molecule has 0 aliphatic heterocycles. The number of nitriles is 1. The number of imidazole rings is 1. The average Bonchev–Trinajstić information content (AvgIpc) is 3.25. The van der Waals surface area contributed by atoms with Crippen molar-refractivity contribution in [2.45, 2.75) is 31.7 Å².